The summed E-state index contributed by atoms with van der Waals surface area (Å²) in [5.74, 6) is 0.605. The standard InChI is InChI=1S/C22H19FN4O2/c1-14(28)16-4-5-17(12-24)20(11-16)27-10-2-3-18(13-27)22-25-21(26-29-22)15-6-8-19(23)9-7-15/h4-9,11,18H,2-3,10,13H2,1H3. The van der Waals surface area contributed by atoms with E-state index >= 15 is 0 Å². The first-order chi connectivity index (χ1) is 14.0. The minimum Gasteiger partial charge on any atom is -0.370 e. The van der Waals surface area contributed by atoms with Crippen LogP contribution in [0.1, 0.15) is 47.5 Å². The summed E-state index contributed by atoms with van der Waals surface area (Å²) in [4.78, 5) is 18.4. The van der Waals surface area contributed by atoms with Crippen molar-refractivity contribution in [1.82, 2.24) is 10.1 Å². The maximum atomic E-state index is 13.1. The Labute approximate surface area is 167 Å². The van der Waals surface area contributed by atoms with Crippen molar-refractivity contribution in [3.63, 3.8) is 0 Å². The minimum atomic E-state index is -0.318. The first-order valence-corrected chi connectivity index (χ1v) is 9.44. The number of carbonyl (C=O) groups excluding carboxylic acids is 1. The van der Waals surface area contributed by atoms with Crippen molar-refractivity contribution >= 4 is 11.5 Å². The molecule has 4 rings (SSSR count). The van der Waals surface area contributed by atoms with Gasteiger partial charge in [-0.3, -0.25) is 4.79 Å². The van der Waals surface area contributed by atoms with Crippen molar-refractivity contribution in [3.05, 3.63) is 65.3 Å². The molecule has 2 aromatic carbocycles. The second kappa shape index (κ2) is 7.84. The molecule has 1 atom stereocenters. The molecule has 0 saturated carbocycles. The van der Waals surface area contributed by atoms with Crippen LogP contribution >= 0.6 is 0 Å². The summed E-state index contributed by atoms with van der Waals surface area (Å²) in [6.45, 7) is 2.91. The number of benzene rings is 2. The van der Waals surface area contributed by atoms with Crippen LogP contribution in [0.5, 0.6) is 0 Å². The molecule has 1 aliphatic rings. The maximum absolute atomic E-state index is 13.1. The molecule has 0 radical (unpaired) electrons. The third kappa shape index (κ3) is 3.87. The van der Waals surface area contributed by atoms with Crippen LogP contribution in [0, 0.1) is 17.1 Å². The van der Waals surface area contributed by atoms with Crippen LogP contribution in [-0.2, 0) is 0 Å². The zero-order chi connectivity index (χ0) is 20.4. The van der Waals surface area contributed by atoms with Gasteiger partial charge in [-0.05, 0) is 62.2 Å². The van der Waals surface area contributed by atoms with E-state index in [1.165, 1.54) is 19.1 Å². The van der Waals surface area contributed by atoms with Crippen LogP contribution < -0.4 is 4.90 Å². The summed E-state index contributed by atoms with van der Waals surface area (Å²) < 4.78 is 18.6. The summed E-state index contributed by atoms with van der Waals surface area (Å²) >= 11 is 0. The second-order valence-corrected chi connectivity index (χ2v) is 7.15. The van der Waals surface area contributed by atoms with Crippen LogP contribution in [0.15, 0.2) is 47.0 Å². The maximum Gasteiger partial charge on any atom is 0.231 e. The Morgan fingerprint density at radius 3 is 2.79 bits per heavy atom. The first kappa shape index (κ1) is 18.8. The number of carbonyl (C=O) groups is 1. The van der Waals surface area contributed by atoms with Crippen LogP contribution in [0.25, 0.3) is 11.4 Å². The molecule has 146 valence electrons. The highest BCUT2D eigenvalue weighted by Crippen LogP contribution is 2.32. The number of anilines is 1. The molecular formula is C22H19FN4O2. The van der Waals surface area contributed by atoms with E-state index in [0.717, 1.165) is 25.1 Å². The van der Waals surface area contributed by atoms with Crippen molar-refractivity contribution < 1.29 is 13.7 Å². The van der Waals surface area contributed by atoms with Crippen LogP contribution in [0.3, 0.4) is 0 Å². The van der Waals surface area contributed by atoms with E-state index in [0.29, 0.717) is 35.0 Å². The molecule has 1 aliphatic heterocycles. The van der Waals surface area contributed by atoms with Gasteiger partial charge in [0.1, 0.15) is 11.9 Å². The fraction of sp³-hybridized carbons (Fsp3) is 0.273. The molecule has 0 aliphatic carbocycles. The third-order valence-corrected chi connectivity index (χ3v) is 5.18. The molecule has 1 aromatic heterocycles. The van der Waals surface area contributed by atoms with E-state index in [4.69, 9.17) is 4.52 Å². The predicted molar refractivity (Wildman–Crippen MR) is 105 cm³/mol. The fourth-order valence-electron chi connectivity index (χ4n) is 3.62. The van der Waals surface area contributed by atoms with Gasteiger partial charge in [0.2, 0.25) is 11.7 Å². The van der Waals surface area contributed by atoms with Gasteiger partial charge in [0.05, 0.1) is 17.2 Å². The number of aromatic nitrogens is 2. The van der Waals surface area contributed by atoms with Crippen molar-refractivity contribution in [1.29, 1.82) is 5.26 Å². The monoisotopic (exact) mass is 390 g/mol. The van der Waals surface area contributed by atoms with E-state index in [2.05, 4.69) is 21.1 Å². The largest absolute Gasteiger partial charge is 0.370 e. The molecule has 0 spiro atoms. The Hall–Kier alpha value is -3.53. The van der Waals surface area contributed by atoms with Crippen molar-refractivity contribution in [2.45, 2.75) is 25.7 Å². The molecule has 1 fully saturated rings. The molecule has 0 amide bonds. The summed E-state index contributed by atoms with van der Waals surface area (Å²) in [5.41, 5.74) is 2.56. The van der Waals surface area contributed by atoms with Gasteiger partial charge in [-0.1, -0.05) is 5.16 Å². The smallest absolute Gasteiger partial charge is 0.231 e. The lowest BCUT2D eigenvalue weighted by Crippen LogP contribution is -2.35. The number of piperidine rings is 1. The molecule has 7 heteroatoms. The minimum absolute atomic E-state index is 0.0120. The van der Waals surface area contributed by atoms with Gasteiger partial charge < -0.3 is 9.42 Å². The number of rotatable bonds is 4. The number of Topliss-reactive ketones (excluding diaryl/α,β-unsaturated/α-hetero) is 1. The lowest BCUT2D eigenvalue weighted by Gasteiger charge is -2.33. The normalized spacial score (nSPS) is 16.4. The zero-order valence-corrected chi connectivity index (χ0v) is 15.9. The first-order valence-electron chi connectivity index (χ1n) is 9.44. The topological polar surface area (TPSA) is 83.0 Å². The predicted octanol–water partition coefficient (Wildman–Crippen LogP) is 4.33. The van der Waals surface area contributed by atoms with Gasteiger partial charge in [-0.25, -0.2) is 4.39 Å². The van der Waals surface area contributed by atoms with Crippen LogP contribution in [0.2, 0.25) is 0 Å². The lowest BCUT2D eigenvalue weighted by atomic mass is 9.96. The summed E-state index contributed by atoms with van der Waals surface area (Å²) in [6.07, 6.45) is 1.78. The number of halogens is 1. The van der Waals surface area contributed by atoms with E-state index < -0.39 is 0 Å². The molecule has 2 heterocycles. The molecule has 29 heavy (non-hydrogen) atoms. The van der Waals surface area contributed by atoms with Gasteiger partial charge in [0.25, 0.3) is 0 Å². The summed E-state index contributed by atoms with van der Waals surface area (Å²) in [5, 5.41) is 13.5. The average molecular weight is 390 g/mol. The highest BCUT2D eigenvalue weighted by Gasteiger charge is 2.28. The van der Waals surface area contributed by atoms with Gasteiger partial charge in [-0.15, -0.1) is 0 Å². The molecule has 6 nitrogen and oxygen atoms in total. The van der Waals surface area contributed by atoms with Crippen molar-refractivity contribution in [2.24, 2.45) is 0 Å². The Morgan fingerprint density at radius 1 is 1.28 bits per heavy atom. The van der Waals surface area contributed by atoms with E-state index in [1.54, 1.807) is 30.3 Å². The molecule has 3 aromatic rings. The number of nitriles is 1. The van der Waals surface area contributed by atoms with Gasteiger partial charge in [-0.2, -0.15) is 10.2 Å². The fourth-order valence-corrected chi connectivity index (χ4v) is 3.62. The van der Waals surface area contributed by atoms with E-state index in [-0.39, 0.29) is 17.5 Å². The van der Waals surface area contributed by atoms with Crippen LogP contribution in [-0.4, -0.2) is 29.0 Å². The van der Waals surface area contributed by atoms with Gasteiger partial charge in [0, 0.05) is 24.2 Å². The van der Waals surface area contributed by atoms with Crippen LogP contribution in [0.4, 0.5) is 10.1 Å². The van der Waals surface area contributed by atoms with Gasteiger partial charge in [0.15, 0.2) is 5.78 Å². The van der Waals surface area contributed by atoms with E-state index in [1.807, 2.05) is 0 Å². The number of hydrogen-bond acceptors (Lipinski definition) is 6. The highest BCUT2D eigenvalue weighted by molar-refractivity contribution is 5.95. The molecule has 1 unspecified atom stereocenters. The third-order valence-electron chi connectivity index (χ3n) is 5.18. The highest BCUT2D eigenvalue weighted by atomic mass is 19.1. The SMILES string of the molecule is CC(=O)c1ccc(C#N)c(N2CCCC(c3nc(-c4ccc(F)cc4)no3)C2)c1. The van der Waals surface area contributed by atoms with E-state index in [9.17, 15) is 14.4 Å². The Kier molecular flexibility index (Phi) is 5.09. The quantitative estimate of drug-likeness (QED) is 0.617. The molecule has 1 saturated heterocycles. The Morgan fingerprint density at radius 2 is 2.07 bits per heavy atom. The number of hydrogen-bond donors (Lipinski definition) is 0. The summed E-state index contributed by atoms with van der Waals surface area (Å²) in [7, 11) is 0. The van der Waals surface area contributed by atoms with Crippen molar-refractivity contribution in [2.75, 3.05) is 18.0 Å². The van der Waals surface area contributed by atoms with Crippen molar-refractivity contribution in [3.8, 4) is 17.5 Å². The second-order valence-electron chi connectivity index (χ2n) is 7.15. The average Bonchev–Trinajstić information content (AvgIpc) is 3.24. The molecule has 0 N–H and O–H groups in total. The number of nitrogens with zero attached hydrogens (tertiary/aromatic N) is 4. The number of ketones is 1. The summed E-state index contributed by atoms with van der Waals surface area (Å²) in [6, 6.07) is 13.3. The Balaban J connectivity index is 1.58. The Bertz CT molecular complexity index is 1080. The molecule has 0 bridgehead atoms. The lowest BCUT2D eigenvalue weighted by molar-refractivity contribution is 0.101. The molecular weight excluding hydrogens is 371 g/mol. The van der Waals surface area contributed by atoms with Gasteiger partial charge >= 0.3 is 0 Å². The zero-order valence-electron chi connectivity index (χ0n) is 15.9.